The number of nitrogens with zero attached hydrogens (tertiary/aromatic N) is 4. The average molecular weight is 399 g/mol. The van der Waals surface area contributed by atoms with Crippen LogP contribution in [-0.2, 0) is 7.05 Å². The smallest absolute Gasteiger partial charge is 0.354 e. The van der Waals surface area contributed by atoms with Crippen LogP contribution in [0, 0.1) is 6.92 Å². The summed E-state index contributed by atoms with van der Waals surface area (Å²) in [7, 11) is 1.87. The van der Waals surface area contributed by atoms with E-state index in [1.165, 1.54) is 17.8 Å². The van der Waals surface area contributed by atoms with Crippen LogP contribution >= 0.6 is 23.4 Å². The van der Waals surface area contributed by atoms with Crippen molar-refractivity contribution >= 4 is 40.2 Å². The molecule has 0 aliphatic carbocycles. The van der Waals surface area contributed by atoms with Crippen molar-refractivity contribution in [2.24, 2.45) is 7.05 Å². The van der Waals surface area contributed by atoms with Crippen molar-refractivity contribution in [2.75, 3.05) is 0 Å². The lowest BCUT2D eigenvalue weighted by atomic mass is 10.2. The topological polar surface area (TPSA) is 72.9 Å². The molecule has 1 N–H and O–H groups in total. The van der Waals surface area contributed by atoms with E-state index >= 15 is 0 Å². The van der Waals surface area contributed by atoms with Gasteiger partial charge in [-0.05, 0) is 31.2 Å². The maximum atomic E-state index is 11.2. The van der Waals surface area contributed by atoms with E-state index in [9.17, 15) is 9.90 Å². The molecule has 3 heterocycles. The first kappa shape index (κ1) is 17.6. The summed E-state index contributed by atoms with van der Waals surface area (Å²) in [5.74, 6) is -1.05. The van der Waals surface area contributed by atoms with Gasteiger partial charge in [-0.1, -0.05) is 35.5 Å². The maximum absolute atomic E-state index is 11.2. The highest BCUT2D eigenvalue weighted by Crippen LogP contribution is 2.42. The molecular weight excluding hydrogens is 384 g/mol. The number of pyridine rings is 1. The Hall–Kier alpha value is -2.77. The van der Waals surface area contributed by atoms with Gasteiger partial charge in [0.1, 0.15) is 10.7 Å². The van der Waals surface area contributed by atoms with Gasteiger partial charge in [0.15, 0.2) is 0 Å². The third-order valence-corrected chi connectivity index (χ3v) is 5.68. The Morgan fingerprint density at radius 1 is 1.22 bits per heavy atom. The second kappa shape index (κ2) is 6.75. The predicted octanol–water partition coefficient (Wildman–Crippen LogP) is 4.57. The van der Waals surface area contributed by atoms with Gasteiger partial charge in [-0.2, -0.15) is 5.10 Å². The van der Waals surface area contributed by atoms with E-state index in [0.717, 1.165) is 27.2 Å². The summed E-state index contributed by atoms with van der Waals surface area (Å²) in [4.78, 5) is 16.4. The summed E-state index contributed by atoms with van der Waals surface area (Å²) in [6.07, 6.45) is 3.73. The highest BCUT2D eigenvalue weighted by Gasteiger charge is 2.20. The van der Waals surface area contributed by atoms with Gasteiger partial charge in [0.25, 0.3) is 0 Å². The molecule has 0 atom stereocenters. The van der Waals surface area contributed by atoms with E-state index in [0.29, 0.717) is 10.0 Å². The van der Waals surface area contributed by atoms with Gasteiger partial charge in [-0.3, -0.25) is 4.68 Å². The van der Waals surface area contributed by atoms with Gasteiger partial charge in [0, 0.05) is 29.2 Å². The first-order valence-electron chi connectivity index (χ1n) is 8.12. The zero-order valence-corrected chi connectivity index (χ0v) is 16.1. The largest absolute Gasteiger partial charge is 0.477 e. The molecule has 1 aromatic carbocycles. The second-order valence-corrected chi connectivity index (χ2v) is 7.46. The number of hydrogen-bond donors (Lipinski definition) is 1. The number of aryl methyl sites for hydroxylation is 1. The van der Waals surface area contributed by atoms with E-state index < -0.39 is 5.97 Å². The van der Waals surface area contributed by atoms with Crippen molar-refractivity contribution in [3.63, 3.8) is 0 Å². The third-order valence-electron chi connectivity index (χ3n) is 4.22. The van der Waals surface area contributed by atoms with Gasteiger partial charge in [0.2, 0.25) is 0 Å². The summed E-state index contributed by atoms with van der Waals surface area (Å²) in [6, 6.07) is 10.7. The van der Waals surface area contributed by atoms with Crippen LogP contribution in [0.2, 0.25) is 5.02 Å². The van der Waals surface area contributed by atoms with E-state index in [4.69, 9.17) is 11.6 Å². The Labute approximate surface area is 164 Å². The van der Waals surface area contributed by atoms with Gasteiger partial charge in [0.05, 0.1) is 22.4 Å². The third kappa shape index (κ3) is 3.09. The lowest BCUT2D eigenvalue weighted by Crippen LogP contribution is -2.00. The number of hydrogen-bond acceptors (Lipinski definition) is 4. The van der Waals surface area contributed by atoms with E-state index in [1.54, 1.807) is 23.0 Å². The van der Waals surface area contributed by atoms with Crippen molar-refractivity contribution < 1.29 is 9.90 Å². The standard InChI is InChI=1S/C19H15ClN4O2S/c1-11-18(27-16-8-4-6-14(22-16)19(25)26)17-13(20)5-3-7-15(17)24(11)12-9-21-23(2)10-12/h3-10H,1-2H3,(H,25,26). The Morgan fingerprint density at radius 2 is 2.00 bits per heavy atom. The Bertz CT molecular complexity index is 1180. The van der Waals surface area contributed by atoms with Crippen molar-refractivity contribution in [3.05, 3.63) is 65.2 Å². The van der Waals surface area contributed by atoms with Crippen molar-refractivity contribution in [3.8, 4) is 5.69 Å². The highest BCUT2D eigenvalue weighted by atomic mass is 35.5. The van der Waals surface area contributed by atoms with Crippen LogP contribution in [-0.4, -0.2) is 30.4 Å². The van der Waals surface area contributed by atoms with Crippen LogP contribution in [0.25, 0.3) is 16.6 Å². The molecule has 0 amide bonds. The monoisotopic (exact) mass is 398 g/mol. The van der Waals surface area contributed by atoms with Crippen LogP contribution in [0.3, 0.4) is 0 Å². The SMILES string of the molecule is Cc1c(Sc2cccc(C(=O)O)n2)c2c(Cl)cccc2n1-c1cnn(C)c1. The van der Waals surface area contributed by atoms with Crippen LogP contribution in [0.1, 0.15) is 16.2 Å². The predicted molar refractivity (Wildman–Crippen MR) is 105 cm³/mol. The first-order chi connectivity index (χ1) is 13.0. The van der Waals surface area contributed by atoms with Gasteiger partial charge in [-0.25, -0.2) is 9.78 Å². The summed E-state index contributed by atoms with van der Waals surface area (Å²) in [5, 5.41) is 15.6. The minimum absolute atomic E-state index is 0.0137. The van der Waals surface area contributed by atoms with Crippen molar-refractivity contribution in [1.82, 2.24) is 19.3 Å². The number of rotatable bonds is 4. The minimum Gasteiger partial charge on any atom is -0.477 e. The zero-order chi connectivity index (χ0) is 19.1. The average Bonchev–Trinajstić information content (AvgIpc) is 3.17. The summed E-state index contributed by atoms with van der Waals surface area (Å²) < 4.78 is 3.84. The molecule has 0 unspecified atom stereocenters. The molecule has 136 valence electrons. The fourth-order valence-corrected chi connectivity index (χ4v) is 4.44. The molecule has 0 bridgehead atoms. The minimum atomic E-state index is -1.05. The second-order valence-electron chi connectivity index (χ2n) is 6.02. The molecule has 0 aliphatic rings. The summed E-state index contributed by atoms with van der Waals surface area (Å²) >= 11 is 7.93. The molecule has 8 heteroatoms. The van der Waals surface area contributed by atoms with E-state index in [2.05, 4.69) is 14.6 Å². The van der Waals surface area contributed by atoms with Crippen LogP contribution < -0.4 is 0 Å². The van der Waals surface area contributed by atoms with Gasteiger partial charge >= 0.3 is 5.97 Å². The molecule has 3 aromatic heterocycles. The van der Waals surface area contributed by atoms with Gasteiger partial charge in [-0.15, -0.1) is 0 Å². The fraction of sp³-hybridized carbons (Fsp3) is 0.105. The quantitative estimate of drug-likeness (QED) is 0.545. The number of fused-ring (bicyclic) bond motifs is 1. The Balaban J connectivity index is 1.92. The van der Waals surface area contributed by atoms with Gasteiger partial charge < -0.3 is 9.67 Å². The van der Waals surface area contributed by atoms with Crippen LogP contribution in [0.15, 0.2) is 58.7 Å². The molecular formula is C19H15ClN4O2S. The molecule has 0 saturated carbocycles. The molecule has 0 spiro atoms. The van der Waals surface area contributed by atoms with Crippen LogP contribution in [0.4, 0.5) is 0 Å². The Morgan fingerprint density at radius 3 is 2.70 bits per heavy atom. The normalized spacial score (nSPS) is 11.2. The molecule has 6 nitrogen and oxygen atoms in total. The number of carboxylic acids is 1. The number of aromatic nitrogens is 4. The van der Waals surface area contributed by atoms with Crippen LogP contribution in [0.5, 0.6) is 0 Å². The highest BCUT2D eigenvalue weighted by molar-refractivity contribution is 7.99. The zero-order valence-electron chi connectivity index (χ0n) is 14.5. The number of halogens is 1. The number of benzene rings is 1. The lowest BCUT2D eigenvalue weighted by Gasteiger charge is -2.06. The number of carboxylic acid groups (broad SMARTS) is 1. The molecule has 4 rings (SSSR count). The summed E-state index contributed by atoms with van der Waals surface area (Å²) in [6.45, 7) is 2.01. The summed E-state index contributed by atoms with van der Waals surface area (Å²) in [5.41, 5.74) is 2.89. The molecule has 0 aliphatic heterocycles. The molecule has 0 saturated heterocycles. The molecule has 4 aromatic rings. The van der Waals surface area contributed by atoms with E-state index in [-0.39, 0.29) is 5.69 Å². The van der Waals surface area contributed by atoms with E-state index in [1.807, 2.05) is 38.4 Å². The number of aromatic carboxylic acids is 1. The lowest BCUT2D eigenvalue weighted by molar-refractivity contribution is 0.0689. The Kier molecular flexibility index (Phi) is 4.41. The fourth-order valence-electron chi connectivity index (χ4n) is 3.06. The maximum Gasteiger partial charge on any atom is 0.354 e. The number of carbonyl (C=O) groups is 1. The first-order valence-corrected chi connectivity index (χ1v) is 9.32. The van der Waals surface area contributed by atoms with Crippen molar-refractivity contribution in [1.29, 1.82) is 0 Å². The van der Waals surface area contributed by atoms with Crippen molar-refractivity contribution in [2.45, 2.75) is 16.8 Å². The molecule has 0 radical (unpaired) electrons. The molecule has 27 heavy (non-hydrogen) atoms. The molecule has 0 fully saturated rings.